The lowest BCUT2D eigenvalue weighted by molar-refractivity contribution is -0.122. The lowest BCUT2D eigenvalue weighted by atomic mass is 9.73. The van der Waals surface area contributed by atoms with Gasteiger partial charge in [-0.05, 0) is 68.4 Å². The van der Waals surface area contributed by atoms with Gasteiger partial charge in [-0.1, -0.05) is 54.1 Å². The summed E-state index contributed by atoms with van der Waals surface area (Å²) in [6.45, 7) is 8.10. The largest absolute Gasteiger partial charge is 0.299 e. The standard InChI is InChI=1S/C25H29NO/c1-17-8-6-10-21(14-17)12-13-22-15-25(20(4)27,16-24(22)26-5)23-11-7-9-18(2)19(23)3/h6-11,13-14H,12,15-16H2,1-5H3/b22-13-,26-24?/t25-/m1/s1. The maximum atomic E-state index is 12.9. The van der Waals surface area contributed by atoms with E-state index in [1.807, 2.05) is 7.05 Å². The first-order valence-corrected chi connectivity index (χ1v) is 9.66. The Morgan fingerprint density at radius 1 is 1.11 bits per heavy atom. The first-order chi connectivity index (χ1) is 12.9. The number of rotatable bonds is 4. The summed E-state index contributed by atoms with van der Waals surface area (Å²) in [5.41, 5.74) is 8.00. The van der Waals surface area contributed by atoms with Crippen molar-refractivity contribution in [3.8, 4) is 0 Å². The quantitative estimate of drug-likeness (QED) is 0.711. The summed E-state index contributed by atoms with van der Waals surface area (Å²) in [5, 5.41) is 0. The molecular weight excluding hydrogens is 330 g/mol. The minimum absolute atomic E-state index is 0.233. The molecule has 140 valence electrons. The molecule has 27 heavy (non-hydrogen) atoms. The predicted molar refractivity (Wildman–Crippen MR) is 114 cm³/mol. The van der Waals surface area contributed by atoms with Crippen molar-refractivity contribution in [1.82, 2.24) is 0 Å². The molecular formula is C25H29NO. The van der Waals surface area contributed by atoms with E-state index < -0.39 is 5.41 Å². The van der Waals surface area contributed by atoms with E-state index in [0.717, 1.165) is 24.1 Å². The van der Waals surface area contributed by atoms with E-state index in [0.29, 0.717) is 6.42 Å². The zero-order chi connectivity index (χ0) is 19.6. The summed E-state index contributed by atoms with van der Waals surface area (Å²) >= 11 is 0. The summed E-state index contributed by atoms with van der Waals surface area (Å²) in [6.07, 6.45) is 4.58. The molecule has 0 aliphatic heterocycles. The molecule has 0 aromatic heterocycles. The van der Waals surface area contributed by atoms with Gasteiger partial charge in [0, 0.05) is 19.2 Å². The number of aryl methyl sites for hydroxylation is 2. The van der Waals surface area contributed by atoms with Crippen LogP contribution < -0.4 is 0 Å². The van der Waals surface area contributed by atoms with E-state index in [-0.39, 0.29) is 5.78 Å². The highest BCUT2D eigenvalue weighted by atomic mass is 16.1. The lowest BCUT2D eigenvalue weighted by Crippen LogP contribution is -2.32. The van der Waals surface area contributed by atoms with Gasteiger partial charge < -0.3 is 0 Å². The van der Waals surface area contributed by atoms with Crippen molar-refractivity contribution in [3.63, 3.8) is 0 Å². The van der Waals surface area contributed by atoms with Crippen molar-refractivity contribution in [2.24, 2.45) is 4.99 Å². The molecule has 0 bridgehead atoms. The van der Waals surface area contributed by atoms with Crippen LogP contribution in [0.3, 0.4) is 0 Å². The predicted octanol–water partition coefficient (Wildman–Crippen LogP) is 5.47. The van der Waals surface area contributed by atoms with Crippen LogP contribution in [0.5, 0.6) is 0 Å². The molecule has 0 N–H and O–H groups in total. The first kappa shape index (κ1) is 19.3. The van der Waals surface area contributed by atoms with Gasteiger partial charge in [0.2, 0.25) is 0 Å². The molecule has 0 radical (unpaired) electrons. The molecule has 2 heteroatoms. The second-order valence-electron chi connectivity index (χ2n) is 7.83. The van der Waals surface area contributed by atoms with E-state index in [1.54, 1.807) is 6.92 Å². The van der Waals surface area contributed by atoms with E-state index in [9.17, 15) is 4.79 Å². The van der Waals surface area contributed by atoms with Crippen molar-refractivity contribution < 1.29 is 4.79 Å². The van der Waals surface area contributed by atoms with Crippen LogP contribution in [0.4, 0.5) is 0 Å². The highest BCUT2D eigenvalue weighted by Crippen LogP contribution is 2.45. The van der Waals surface area contributed by atoms with Crippen LogP contribution in [-0.2, 0) is 16.6 Å². The number of hydrogen-bond acceptors (Lipinski definition) is 2. The van der Waals surface area contributed by atoms with Gasteiger partial charge in [-0.15, -0.1) is 0 Å². The number of allylic oxidation sites excluding steroid dienone is 2. The van der Waals surface area contributed by atoms with Gasteiger partial charge in [-0.2, -0.15) is 0 Å². The monoisotopic (exact) mass is 359 g/mol. The second-order valence-corrected chi connectivity index (χ2v) is 7.83. The second kappa shape index (κ2) is 7.64. The van der Waals surface area contributed by atoms with E-state index in [4.69, 9.17) is 0 Å². The van der Waals surface area contributed by atoms with Crippen molar-refractivity contribution >= 4 is 11.5 Å². The minimum Gasteiger partial charge on any atom is -0.299 e. The van der Waals surface area contributed by atoms with Crippen LogP contribution in [0.25, 0.3) is 0 Å². The molecule has 0 amide bonds. The van der Waals surface area contributed by atoms with Gasteiger partial charge in [0.1, 0.15) is 5.78 Å². The van der Waals surface area contributed by atoms with Crippen LogP contribution in [-0.4, -0.2) is 18.5 Å². The highest BCUT2D eigenvalue weighted by Gasteiger charge is 2.46. The van der Waals surface area contributed by atoms with Gasteiger partial charge in [0.05, 0.1) is 5.41 Å². The number of hydrogen-bond donors (Lipinski definition) is 0. The van der Waals surface area contributed by atoms with Gasteiger partial charge in [0.15, 0.2) is 0 Å². The summed E-state index contributed by atoms with van der Waals surface area (Å²) in [5.74, 6) is 0.233. The fourth-order valence-electron chi connectivity index (χ4n) is 4.28. The molecule has 1 aliphatic rings. The Morgan fingerprint density at radius 2 is 1.85 bits per heavy atom. The molecule has 0 unspecified atom stereocenters. The van der Waals surface area contributed by atoms with Crippen molar-refractivity contribution in [3.05, 3.63) is 81.9 Å². The zero-order valence-corrected chi connectivity index (χ0v) is 17.1. The third-order valence-corrected chi connectivity index (χ3v) is 6.06. The molecule has 2 aromatic carbocycles. The summed E-state index contributed by atoms with van der Waals surface area (Å²) in [7, 11) is 1.84. The molecule has 2 aromatic rings. The fraction of sp³-hybridized carbons (Fsp3) is 0.360. The molecule has 1 aliphatic carbocycles. The number of benzene rings is 2. The number of ketones is 1. The lowest BCUT2D eigenvalue weighted by Gasteiger charge is -2.28. The highest BCUT2D eigenvalue weighted by molar-refractivity contribution is 6.09. The number of nitrogens with zero attached hydrogens (tertiary/aromatic N) is 1. The SMILES string of the molecule is CN=C1C[C@](C(C)=O)(c2cccc(C)c2C)C/C1=C/Cc1cccc(C)c1. The smallest absolute Gasteiger partial charge is 0.141 e. The summed E-state index contributed by atoms with van der Waals surface area (Å²) in [4.78, 5) is 17.4. The van der Waals surface area contributed by atoms with E-state index >= 15 is 0 Å². The molecule has 0 spiro atoms. The Bertz CT molecular complexity index is 935. The zero-order valence-electron chi connectivity index (χ0n) is 17.1. The number of Topliss-reactive ketones (excluding diaryl/α,β-unsaturated/α-hetero) is 1. The first-order valence-electron chi connectivity index (χ1n) is 9.66. The molecule has 2 nitrogen and oxygen atoms in total. The van der Waals surface area contributed by atoms with Crippen LogP contribution in [0.2, 0.25) is 0 Å². The maximum absolute atomic E-state index is 12.9. The van der Waals surface area contributed by atoms with Gasteiger partial charge >= 0.3 is 0 Å². The van der Waals surface area contributed by atoms with E-state index in [1.165, 1.54) is 27.8 Å². The van der Waals surface area contributed by atoms with E-state index in [2.05, 4.69) is 74.3 Å². The van der Waals surface area contributed by atoms with Crippen LogP contribution in [0.1, 0.15) is 47.6 Å². The molecule has 3 rings (SSSR count). The molecule has 1 saturated carbocycles. The minimum atomic E-state index is -0.483. The number of aliphatic imine (C=N–C) groups is 1. The van der Waals surface area contributed by atoms with Crippen molar-refractivity contribution in [2.75, 3.05) is 7.05 Å². The van der Waals surface area contributed by atoms with Crippen LogP contribution >= 0.6 is 0 Å². The van der Waals surface area contributed by atoms with Crippen molar-refractivity contribution in [2.45, 2.75) is 52.4 Å². The number of carbonyl (C=O) groups excluding carboxylic acids is 1. The Hall–Kier alpha value is -2.48. The third-order valence-electron chi connectivity index (χ3n) is 6.06. The maximum Gasteiger partial charge on any atom is 0.141 e. The van der Waals surface area contributed by atoms with Gasteiger partial charge in [-0.3, -0.25) is 9.79 Å². The topological polar surface area (TPSA) is 29.4 Å². The Labute approximate surface area is 163 Å². The van der Waals surface area contributed by atoms with Gasteiger partial charge in [0.25, 0.3) is 0 Å². The fourth-order valence-corrected chi connectivity index (χ4v) is 4.28. The average Bonchev–Trinajstić information content (AvgIpc) is 3.02. The molecule has 0 saturated heterocycles. The third kappa shape index (κ3) is 3.66. The van der Waals surface area contributed by atoms with Crippen molar-refractivity contribution in [1.29, 1.82) is 0 Å². The Balaban J connectivity index is 2.00. The van der Waals surface area contributed by atoms with Crippen LogP contribution in [0.15, 0.2) is 59.1 Å². The molecule has 1 fully saturated rings. The normalized spacial score (nSPS) is 22.6. The average molecular weight is 360 g/mol. The summed E-state index contributed by atoms with van der Waals surface area (Å²) < 4.78 is 0. The molecule has 0 heterocycles. The molecule has 1 atom stereocenters. The number of carbonyl (C=O) groups is 1. The Kier molecular flexibility index (Phi) is 5.46. The Morgan fingerprint density at radius 3 is 2.52 bits per heavy atom. The summed E-state index contributed by atoms with van der Waals surface area (Å²) in [6, 6.07) is 14.9. The van der Waals surface area contributed by atoms with Crippen LogP contribution in [0, 0.1) is 20.8 Å². The van der Waals surface area contributed by atoms with Gasteiger partial charge in [-0.25, -0.2) is 0 Å².